The van der Waals surface area contributed by atoms with Gasteiger partial charge >= 0.3 is 12.1 Å². The minimum Gasteiger partial charge on any atom is -0.508 e. The molecule has 0 aromatic heterocycles. The number of rotatable bonds is 12. The van der Waals surface area contributed by atoms with E-state index < -0.39 is 48.1 Å². The molecule has 0 bridgehead atoms. The molecule has 0 spiro atoms. The predicted octanol–water partition coefficient (Wildman–Crippen LogP) is 3.10. The lowest BCUT2D eigenvalue weighted by Gasteiger charge is -2.33. The Balaban J connectivity index is 3.41. The number of aryl methyl sites for hydroxylation is 1. The molecule has 38 heavy (non-hydrogen) atoms. The molecule has 210 valence electrons. The Kier molecular flexibility index (Phi) is 12.6. The fraction of sp³-hybridized carbons (Fsp3) is 0.593. The van der Waals surface area contributed by atoms with Gasteiger partial charge in [0.15, 0.2) is 0 Å². The molecule has 0 aliphatic carbocycles. The van der Waals surface area contributed by atoms with Crippen LogP contribution in [0.3, 0.4) is 0 Å². The number of carbonyl (C=O) groups is 4. The van der Waals surface area contributed by atoms with E-state index in [4.69, 9.17) is 9.47 Å². The second kappa shape index (κ2) is 14.8. The van der Waals surface area contributed by atoms with Crippen LogP contribution < -0.4 is 10.6 Å². The van der Waals surface area contributed by atoms with Crippen molar-refractivity contribution in [2.24, 2.45) is 5.92 Å². The van der Waals surface area contributed by atoms with Crippen molar-refractivity contribution in [3.63, 3.8) is 0 Å². The molecule has 0 heterocycles. The van der Waals surface area contributed by atoms with Crippen LogP contribution in [0.2, 0.25) is 0 Å². The van der Waals surface area contributed by atoms with Crippen LogP contribution in [0.25, 0.3) is 0 Å². The number of benzene rings is 1. The molecule has 0 aliphatic rings. The van der Waals surface area contributed by atoms with E-state index in [-0.39, 0.29) is 37.7 Å². The highest BCUT2D eigenvalue weighted by atomic mass is 16.6. The fourth-order valence-corrected chi connectivity index (χ4v) is 3.65. The number of phenolic OH excluding ortho intramolecular Hbond substituents is 1. The molecule has 0 saturated heterocycles. The number of carbonyl (C=O) groups excluding carboxylic acids is 4. The first-order chi connectivity index (χ1) is 17.7. The van der Waals surface area contributed by atoms with Crippen LogP contribution in [0.1, 0.15) is 71.6 Å². The molecule has 1 aromatic carbocycles. The molecule has 0 fully saturated rings. The van der Waals surface area contributed by atoms with Crippen LogP contribution in [0.5, 0.6) is 5.75 Å². The van der Waals surface area contributed by atoms with Gasteiger partial charge in [-0.05, 0) is 70.2 Å². The standard InChI is InChI=1S/C27H40N4O7/c1-8-37-22(33)11-13-29-24(34)23(19-9-10-21(32)18(4)16-19)31(14-12-28)25(35)20(15-17(2)3)30-26(36)38-27(5,6)7/h9-10,16-17,20,23,32H,8,11,13-15H2,1-7H3,(H,29,34)(H,30,36). The molecule has 0 aliphatic heterocycles. The third kappa shape index (κ3) is 10.7. The van der Waals surface area contributed by atoms with Gasteiger partial charge in [0.2, 0.25) is 11.8 Å². The summed E-state index contributed by atoms with van der Waals surface area (Å²) in [6.07, 6.45) is -0.654. The molecular weight excluding hydrogens is 492 g/mol. The maximum absolute atomic E-state index is 13.8. The molecule has 0 radical (unpaired) electrons. The van der Waals surface area contributed by atoms with Crippen molar-refractivity contribution in [1.29, 1.82) is 5.26 Å². The van der Waals surface area contributed by atoms with Crippen molar-refractivity contribution < 1.29 is 33.8 Å². The van der Waals surface area contributed by atoms with Crippen molar-refractivity contribution >= 4 is 23.9 Å². The van der Waals surface area contributed by atoms with E-state index >= 15 is 0 Å². The zero-order valence-corrected chi connectivity index (χ0v) is 23.3. The van der Waals surface area contributed by atoms with E-state index in [0.29, 0.717) is 11.1 Å². The summed E-state index contributed by atoms with van der Waals surface area (Å²) in [5.41, 5.74) is 0.00661. The third-order valence-electron chi connectivity index (χ3n) is 5.25. The summed E-state index contributed by atoms with van der Waals surface area (Å²) >= 11 is 0. The SMILES string of the molecule is CCOC(=O)CCNC(=O)C(c1ccc(O)c(C)c1)N(CC#N)C(=O)C(CC(C)C)NC(=O)OC(C)(C)C. The van der Waals surface area contributed by atoms with E-state index in [9.17, 15) is 29.5 Å². The molecule has 2 atom stereocenters. The third-order valence-corrected chi connectivity index (χ3v) is 5.25. The van der Waals surface area contributed by atoms with Gasteiger partial charge in [-0.3, -0.25) is 14.4 Å². The van der Waals surface area contributed by atoms with Gasteiger partial charge < -0.3 is 30.1 Å². The van der Waals surface area contributed by atoms with Crippen molar-refractivity contribution in [1.82, 2.24) is 15.5 Å². The number of ether oxygens (including phenoxy) is 2. The smallest absolute Gasteiger partial charge is 0.408 e. The normalized spacial score (nSPS) is 12.6. The number of nitrogens with zero attached hydrogens (tertiary/aromatic N) is 2. The molecule has 0 saturated carbocycles. The highest BCUT2D eigenvalue weighted by Gasteiger charge is 2.36. The quantitative estimate of drug-likeness (QED) is 0.274. The molecule has 11 heteroatoms. The van der Waals surface area contributed by atoms with E-state index in [1.165, 1.54) is 12.1 Å². The highest BCUT2D eigenvalue weighted by molar-refractivity contribution is 5.92. The lowest BCUT2D eigenvalue weighted by molar-refractivity contribution is -0.144. The summed E-state index contributed by atoms with van der Waals surface area (Å²) in [6.45, 7) is 11.8. The summed E-state index contributed by atoms with van der Waals surface area (Å²) in [4.78, 5) is 52.6. The van der Waals surface area contributed by atoms with Gasteiger partial charge in [0.25, 0.3) is 0 Å². The summed E-state index contributed by atoms with van der Waals surface area (Å²) in [5.74, 6) is -1.80. The van der Waals surface area contributed by atoms with Gasteiger partial charge in [-0.2, -0.15) is 5.26 Å². The topological polar surface area (TPSA) is 158 Å². The van der Waals surface area contributed by atoms with E-state index in [1.807, 2.05) is 19.9 Å². The van der Waals surface area contributed by atoms with Crippen molar-refractivity contribution in [3.8, 4) is 11.8 Å². The Morgan fingerprint density at radius 2 is 1.84 bits per heavy atom. The maximum atomic E-state index is 13.8. The van der Waals surface area contributed by atoms with Gasteiger partial charge in [0.05, 0.1) is 19.1 Å². The number of amides is 3. The number of aromatic hydroxyl groups is 1. The average molecular weight is 533 g/mol. The zero-order chi connectivity index (χ0) is 29.0. The van der Waals surface area contributed by atoms with Gasteiger partial charge in [-0.1, -0.05) is 19.9 Å². The molecule has 11 nitrogen and oxygen atoms in total. The number of esters is 1. The number of hydrogen-bond donors (Lipinski definition) is 3. The molecule has 3 N–H and O–H groups in total. The van der Waals surface area contributed by atoms with Crippen LogP contribution in [0, 0.1) is 24.2 Å². The molecule has 3 amide bonds. The second-order valence-corrected chi connectivity index (χ2v) is 10.2. The largest absolute Gasteiger partial charge is 0.508 e. The summed E-state index contributed by atoms with van der Waals surface area (Å²) in [7, 11) is 0. The first kappa shape index (κ1) is 32.2. The maximum Gasteiger partial charge on any atom is 0.408 e. The van der Waals surface area contributed by atoms with Crippen LogP contribution in [-0.4, -0.2) is 65.2 Å². The second-order valence-electron chi connectivity index (χ2n) is 10.2. The Morgan fingerprint density at radius 1 is 1.18 bits per heavy atom. The monoisotopic (exact) mass is 532 g/mol. The van der Waals surface area contributed by atoms with Gasteiger partial charge in [0, 0.05) is 6.54 Å². The van der Waals surface area contributed by atoms with Crippen LogP contribution in [0.4, 0.5) is 4.79 Å². The van der Waals surface area contributed by atoms with Gasteiger partial charge in [-0.25, -0.2) is 4.79 Å². The zero-order valence-electron chi connectivity index (χ0n) is 23.3. The number of nitrogens with one attached hydrogen (secondary N) is 2. The summed E-state index contributed by atoms with van der Waals surface area (Å²) < 4.78 is 10.2. The number of phenols is 1. The van der Waals surface area contributed by atoms with Crippen LogP contribution in [0.15, 0.2) is 18.2 Å². The van der Waals surface area contributed by atoms with Gasteiger partial charge in [0.1, 0.15) is 30.0 Å². The fourth-order valence-electron chi connectivity index (χ4n) is 3.65. The Morgan fingerprint density at radius 3 is 2.37 bits per heavy atom. The average Bonchev–Trinajstić information content (AvgIpc) is 2.78. The van der Waals surface area contributed by atoms with Crippen molar-refractivity contribution in [2.75, 3.05) is 19.7 Å². The summed E-state index contributed by atoms with van der Waals surface area (Å²) in [6, 6.07) is 3.99. The van der Waals surface area contributed by atoms with Gasteiger partial charge in [-0.15, -0.1) is 0 Å². The molecule has 1 rings (SSSR count). The van der Waals surface area contributed by atoms with Crippen molar-refractivity contribution in [2.45, 2.75) is 79.0 Å². The summed E-state index contributed by atoms with van der Waals surface area (Å²) in [5, 5.41) is 24.8. The van der Waals surface area contributed by atoms with E-state index in [0.717, 1.165) is 4.90 Å². The lowest BCUT2D eigenvalue weighted by Crippen LogP contribution is -2.53. The Hall–Kier alpha value is -3.81. The van der Waals surface area contributed by atoms with Crippen LogP contribution in [-0.2, 0) is 23.9 Å². The predicted molar refractivity (Wildman–Crippen MR) is 140 cm³/mol. The highest BCUT2D eigenvalue weighted by Crippen LogP contribution is 2.27. The first-order valence-corrected chi connectivity index (χ1v) is 12.6. The molecule has 1 aromatic rings. The van der Waals surface area contributed by atoms with E-state index in [2.05, 4.69) is 10.6 Å². The lowest BCUT2D eigenvalue weighted by atomic mass is 9.98. The minimum absolute atomic E-state index is 0.00217. The number of hydrogen-bond acceptors (Lipinski definition) is 8. The minimum atomic E-state index is -1.28. The number of nitriles is 1. The Labute approximate surface area is 224 Å². The molecular formula is C27H40N4O7. The first-order valence-electron chi connectivity index (χ1n) is 12.6. The van der Waals surface area contributed by atoms with Crippen molar-refractivity contribution in [3.05, 3.63) is 29.3 Å². The molecule has 2 unspecified atom stereocenters. The Bertz CT molecular complexity index is 1030. The number of alkyl carbamates (subject to hydrolysis) is 1. The van der Waals surface area contributed by atoms with Crippen LogP contribution >= 0.6 is 0 Å². The van der Waals surface area contributed by atoms with E-state index in [1.54, 1.807) is 40.7 Å².